The number of aromatic nitrogens is 1. The average molecular weight is 314 g/mol. The molecule has 2 heterocycles. The second-order valence-corrected chi connectivity index (χ2v) is 5.64. The Morgan fingerprint density at radius 2 is 2.13 bits per heavy atom. The van der Waals surface area contributed by atoms with Gasteiger partial charge in [0.25, 0.3) is 0 Å². The van der Waals surface area contributed by atoms with E-state index in [0.29, 0.717) is 6.61 Å². The smallest absolute Gasteiger partial charge is 0.134 e. The summed E-state index contributed by atoms with van der Waals surface area (Å²) in [5.74, 6) is 2.00. The maximum Gasteiger partial charge on any atom is 0.134 e. The van der Waals surface area contributed by atoms with E-state index in [1.54, 1.807) is 6.07 Å². The van der Waals surface area contributed by atoms with Crippen LogP contribution in [0.3, 0.4) is 0 Å². The van der Waals surface area contributed by atoms with Gasteiger partial charge in [0.1, 0.15) is 23.4 Å². The Labute approximate surface area is 136 Å². The molecule has 1 saturated heterocycles. The average Bonchev–Trinajstić information content (AvgIpc) is 2.56. The fourth-order valence-electron chi connectivity index (χ4n) is 2.96. The van der Waals surface area contributed by atoms with E-state index in [1.165, 1.54) is 6.20 Å². The summed E-state index contributed by atoms with van der Waals surface area (Å²) >= 11 is 0. The van der Waals surface area contributed by atoms with Crippen LogP contribution in [0.25, 0.3) is 0 Å². The molecule has 0 saturated carbocycles. The number of piperidine rings is 1. The first kappa shape index (κ1) is 15.6. The monoisotopic (exact) mass is 314 g/mol. The van der Waals surface area contributed by atoms with Crippen LogP contribution in [0.15, 0.2) is 42.7 Å². The van der Waals surface area contributed by atoms with Crippen LogP contribution in [-0.2, 0) is 0 Å². The van der Waals surface area contributed by atoms with Crippen molar-refractivity contribution in [2.24, 2.45) is 0 Å². The molecule has 0 amide bonds. The minimum Gasteiger partial charge on any atom is -0.506 e. The molecule has 1 aromatic carbocycles. The van der Waals surface area contributed by atoms with Crippen molar-refractivity contribution < 1.29 is 14.6 Å². The van der Waals surface area contributed by atoms with Crippen molar-refractivity contribution in [3.05, 3.63) is 48.3 Å². The number of hydrogen-bond donors (Lipinski definition) is 2. The zero-order valence-corrected chi connectivity index (χ0v) is 13.2. The molecular weight excluding hydrogens is 292 g/mol. The normalized spacial score (nSPS) is 20.9. The van der Waals surface area contributed by atoms with Crippen LogP contribution in [0.4, 0.5) is 0 Å². The van der Waals surface area contributed by atoms with Crippen LogP contribution in [0.2, 0.25) is 0 Å². The highest BCUT2D eigenvalue weighted by molar-refractivity contribution is 5.34. The fraction of sp³-hybridized carbons (Fsp3) is 0.389. The molecule has 2 atom stereocenters. The van der Waals surface area contributed by atoms with Gasteiger partial charge in [0.05, 0.1) is 12.8 Å². The first-order valence-corrected chi connectivity index (χ1v) is 8.00. The summed E-state index contributed by atoms with van der Waals surface area (Å²) < 4.78 is 11.7. The second-order valence-electron chi connectivity index (χ2n) is 5.64. The van der Waals surface area contributed by atoms with E-state index in [9.17, 15) is 5.11 Å². The summed E-state index contributed by atoms with van der Waals surface area (Å²) in [6.07, 6.45) is 4.19. The summed E-state index contributed by atoms with van der Waals surface area (Å²) in [5.41, 5.74) is 1.01. The van der Waals surface area contributed by atoms with Crippen LogP contribution in [0.1, 0.15) is 24.8 Å². The number of ether oxygens (including phenoxy) is 2. The van der Waals surface area contributed by atoms with Crippen LogP contribution in [0, 0.1) is 0 Å². The molecule has 122 valence electrons. The molecule has 1 aliphatic rings. The van der Waals surface area contributed by atoms with Gasteiger partial charge in [-0.2, -0.15) is 0 Å². The predicted octanol–water partition coefficient (Wildman–Crippen LogP) is 2.71. The lowest BCUT2D eigenvalue weighted by Gasteiger charge is -2.32. The van der Waals surface area contributed by atoms with Crippen LogP contribution >= 0.6 is 0 Å². The van der Waals surface area contributed by atoms with E-state index < -0.39 is 0 Å². The van der Waals surface area contributed by atoms with Crippen molar-refractivity contribution >= 4 is 0 Å². The zero-order valence-electron chi connectivity index (χ0n) is 13.2. The number of nitrogens with zero attached hydrogens (tertiary/aromatic N) is 1. The van der Waals surface area contributed by atoms with Crippen molar-refractivity contribution in [2.75, 3.05) is 19.7 Å². The predicted molar refractivity (Wildman–Crippen MR) is 88.2 cm³/mol. The van der Waals surface area contributed by atoms with E-state index in [1.807, 2.05) is 37.4 Å². The Hall–Kier alpha value is -2.27. The standard InChI is InChI=1S/C18H22N2O3/c1-2-22-15-4-3-5-16(9-15)23-18-12-19-7-6-17(18)13-8-14(21)11-20-10-13/h3-5,8-11,17-19,21H,2,6-7,12H2,1H3. The molecule has 1 aliphatic heterocycles. The highest BCUT2D eigenvalue weighted by Crippen LogP contribution is 2.31. The van der Waals surface area contributed by atoms with Gasteiger partial charge in [-0.25, -0.2) is 0 Å². The first-order chi connectivity index (χ1) is 11.3. The Morgan fingerprint density at radius 1 is 1.26 bits per heavy atom. The van der Waals surface area contributed by atoms with E-state index >= 15 is 0 Å². The molecule has 0 bridgehead atoms. The van der Waals surface area contributed by atoms with Gasteiger partial charge in [-0.05, 0) is 43.7 Å². The van der Waals surface area contributed by atoms with Crippen molar-refractivity contribution in [3.63, 3.8) is 0 Å². The van der Waals surface area contributed by atoms with Crippen LogP contribution < -0.4 is 14.8 Å². The Balaban J connectivity index is 1.78. The first-order valence-electron chi connectivity index (χ1n) is 8.00. The number of rotatable bonds is 5. The summed E-state index contributed by atoms with van der Waals surface area (Å²) in [4.78, 5) is 4.09. The summed E-state index contributed by atoms with van der Waals surface area (Å²) in [6, 6.07) is 9.48. The summed E-state index contributed by atoms with van der Waals surface area (Å²) in [6.45, 7) is 4.29. The third-order valence-electron chi connectivity index (χ3n) is 4.00. The molecular formula is C18H22N2O3. The number of hydrogen-bond acceptors (Lipinski definition) is 5. The van der Waals surface area contributed by atoms with Gasteiger partial charge in [-0.15, -0.1) is 0 Å². The van der Waals surface area contributed by atoms with E-state index in [4.69, 9.17) is 9.47 Å². The molecule has 2 N–H and O–H groups in total. The molecule has 1 fully saturated rings. The highest BCUT2D eigenvalue weighted by atomic mass is 16.5. The Bertz CT molecular complexity index is 648. The maximum atomic E-state index is 9.68. The third kappa shape index (κ3) is 3.93. The molecule has 2 aromatic rings. The van der Waals surface area contributed by atoms with Gasteiger partial charge in [-0.1, -0.05) is 6.07 Å². The maximum absolute atomic E-state index is 9.68. The van der Waals surface area contributed by atoms with Crippen molar-refractivity contribution in [1.29, 1.82) is 0 Å². The molecule has 2 unspecified atom stereocenters. The molecule has 5 nitrogen and oxygen atoms in total. The lowest BCUT2D eigenvalue weighted by atomic mass is 9.88. The van der Waals surface area contributed by atoms with Gasteiger partial charge < -0.3 is 19.9 Å². The number of aromatic hydroxyl groups is 1. The highest BCUT2D eigenvalue weighted by Gasteiger charge is 2.28. The molecule has 1 aromatic heterocycles. The van der Waals surface area contributed by atoms with Gasteiger partial charge in [0.15, 0.2) is 0 Å². The molecule has 5 heteroatoms. The van der Waals surface area contributed by atoms with E-state index in [-0.39, 0.29) is 17.8 Å². The molecule has 0 radical (unpaired) electrons. The SMILES string of the molecule is CCOc1cccc(OC2CNCCC2c2cncc(O)c2)c1. The topological polar surface area (TPSA) is 63.6 Å². The molecule has 23 heavy (non-hydrogen) atoms. The van der Waals surface area contributed by atoms with Crippen LogP contribution in [0.5, 0.6) is 17.2 Å². The fourth-order valence-corrected chi connectivity index (χ4v) is 2.96. The minimum absolute atomic E-state index is 0.00998. The second kappa shape index (κ2) is 7.33. The quantitative estimate of drug-likeness (QED) is 0.888. The van der Waals surface area contributed by atoms with E-state index in [2.05, 4.69) is 10.3 Å². The lowest BCUT2D eigenvalue weighted by molar-refractivity contribution is 0.141. The van der Waals surface area contributed by atoms with Gasteiger partial charge in [0.2, 0.25) is 0 Å². The molecule has 3 rings (SSSR count). The Kier molecular flexibility index (Phi) is 4.98. The minimum atomic E-state index is -0.00998. The van der Waals surface area contributed by atoms with E-state index in [0.717, 1.165) is 36.6 Å². The van der Waals surface area contributed by atoms with Crippen LogP contribution in [-0.4, -0.2) is 35.9 Å². The van der Waals surface area contributed by atoms with Gasteiger partial charge in [0, 0.05) is 24.7 Å². The summed E-state index contributed by atoms with van der Waals surface area (Å²) in [7, 11) is 0. The lowest BCUT2D eigenvalue weighted by Crippen LogP contribution is -2.42. The number of nitrogens with one attached hydrogen (secondary N) is 1. The largest absolute Gasteiger partial charge is 0.506 e. The van der Waals surface area contributed by atoms with Crippen molar-refractivity contribution in [3.8, 4) is 17.2 Å². The third-order valence-corrected chi connectivity index (χ3v) is 4.00. The Morgan fingerprint density at radius 3 is 2.96 bits per heavy atom. The molecule has 0 aliphatic carbocycles. The van der Waals surface area contributed by atoms with Crippen molar-refractivity contribution in [1.82, 2.24) is 10.3 Å². The van der Waals surface area contributed by atoms with Gasteiger partial charge in [-0.3, -0.25) is 4.98 Å². The zero-order chi connectivity index (χ0) is 16.1. The molecule has 0 spiro atoms. The van der Waals surface area contributed by atoms with Crippen molar-refractivity contribution in [2.45, 2.75) is 25.4 Å². The summed E-state index contributed by atoms with van der Waals surface area (Å²) in [5, 5.41) is 13.0. The van der Waals surface area contributed by atoms with Gasteiger partial charge >= 0.3 is 0 Å². The number of pyridine rings is 1. The number of benzene rings is 1.